The van der Waals surface area contributed by atoms with Crippen molar-refractivity contribution in [2.75, 3.05) is 21.3 Å². The van der Waals surface area contributed by atoms with Crippen LogP contribution in [0, 0.1) is 13.8 Å². The molecule has 0 unspecified atom stereocenters. The molecule has 2 aliphatic rings. The molecule has 0 amide bonds. The smallest absolute Gasteiger partial charge is 0.488 e. The fourth-order valence-electron chi connectivity index (χ4n) is 8.79. The molecule has 7 aromatic rings. The predicted molar refractivity (Wildman–Crippen MR) is 295 cm³/mol. The highest BCUT2D eigenvalue weighted by Gasteiger charge is 2.34. The van der Waals surface area contributed by atoms with E-state index in [0.29, 0.717) is 11.2 Å². The largest absolute Gasteiger partial charge is 0.497 e. The zero-order valence-corrected chi connectivity index (χ0v) is 43.8. The zero-order chi connectivity index (χ0) is 48.3. The Kier molecular flexibility index (Phi) is 22.8. The zero-order valence-electron chi connectivity index (χ0n) is 39.7. The number of aryl methyl sites for hydroxylation is 2. The molecule has 69 heavy (non-hydrogen) atoms. The van der Waals surface area contributed by atoms with Crippen LogP contribution < -0.4 is 25.0 Å². The first kappa shape index (κ1) is 55.0. The quantitative estimate of drug-likeness (QED) is 0.102. The number of hydrogen-bond acceptors (Lipinski definition) is 9. The molecule has 9 rings (SSSR count). The maximum Gasteiger partial charge on any atom is 0.488 e. The van der Waals surface area contributed by atoms with Crippen molar-refractivity contribution in [1.29, 1.82) is 0 Å². The molecule has 0 radical (unpaired) electrons. The first-order chi connectivity index (χ1) is 33.1. The molecular formula is C56H66BBr2N4O5P. The molecule has 0 bridgehead atoms. The van der Waals surface area contributed by atoms with E-state index in [9.17, 15) is 0 Å². The van der Waals surface area contributed by atoms with Crippen LogP contribution in [-0.2, 0) is 0 Å². The summed E-state index contributed by atoms with van der Waals surface area (Å²) in [6.07, 6.45) is 21.3. The maximum absolute atomic E-state index is 8.74. The Hall–Kier alpha value is -4.97. The number of methoxy groups -OCH3 is 3. The first-order valence-corrected chi connectivity index (χ1v) is 26.3. The van der Waals surface area contributed by atoms with Crippen LogP contribution in [0.1, 0.15) is 82.8 Å². The molecule has 9 nitrogen and oxygen atoms in total. The van der Waals surface area contributed by atoms with Crippen LogP contribution in [0.4, 0.5) is 0 Å². The number of nitrogens with zero attached hydrogens (tertiary/aromatic N) is 4. The van der Waals surface area contributed by atoms with Gasteiger partial charge in [0.1, 0.15) is 26.5 Å². The average molecular weight is 1080 g/mol. The molecule has 362 valence electrons. The molecule has 0 saturated heterocycles. The van der Waals surface area contributed by atoms with Gasteiger partial charge in [0.05, 0.1) is 57.5 Å². The predicted octanol–water partition coefficient (Wildman–Crippen LogP) is 13.6. The van der Waals surface area contributed by atoms with Gasteiger partial charge in [0.25, 0.3) is 0 Å². The van der Waals surface area contributed by atoms with Crippen LogP contribution in [0.5, 0.6) is 17.2 Å². The van der Waals surface area contributed by atoms with Gasteiger partial charge in [-0.25, -0.2) is 9.97 Å². The molecule has 13 heteroatoms. The highest BCUT2D eigenvalue weighted by atomic mass is 79.9. The lowest BCUT2D eigenvalue weighted by Gasteiger charge is -2.39. The van der Waals surface area contributed by atoms with Crippen molar-refractivity contribution < 1.29 is 24.3 Å². The number of halogens is 2. The van der Waals surface area contributed by atoms with Gasteiger partial charge in [0, 0.05) is 16.7 Å². The van der Waals surface area contributed by atoms with E-state index in [1.54, 1.807) is 55.3 Å². The van der Waals surface area contributed by atoms with E-state index in [1.807, 2.05) is 49.7 Å². The minimum atomic E-state index is -1.43. The Labute approximate surface area is 428 Å². The van der Waals surface area contributed by atoms with Crippen LogP contribution in [0.2, 0.25) is 0 Å². The van der Waals surface area contributed by atoms with Crippen LogP contribution >= 0.6 is 39.8 Å². The van der Waals surface area contributed by atoms with Gasteiger partial charge in [0.2, 0.25) is 0 Å². The van der Waals surface area contributed by atoms with Crippen molar-refractivity contribution in [3.63, 3.8) is 0 Å². The van der Waals surface area contributed by atoms with Gasteiger partial charge in [-0.3, -0.25) is 9.97 Å². The third kappa shape index (κ3) is 16.3. The fourth-order valence-corrected chi connectivity index (χ4v) is 13.1. The third-order valence-electron chi connectivity index (χ3n) is 12.2. The monoisotopic (exact) mass is 1070 g/mol. The summed E-state index contributed by atoms with van der Waals surface area (Å²) in [5.74, 6) is 2.46. The Balaban J connectivity index is 0.000000189. The second kappa shape index (κ2) is 28.6. The van der Waals surface area contributed by atoms with Gasteiger partial charge >= 0.3 is 7.12 Å². The average Bonchev–Trinajstić information content (AvgIpc) is 3.39. The Morgan fingerprint density at radius 1 is 0.551 bits per heavy atom. The number of hydrogen-bond donors (Lipinski definition) is 2. The summed E-state index contributed by atoms with van der Waals surface area (Å²) in [4.78, 5) is 16.8. The molecule has 5 aromatic carbocycles. The van der Waals surface area contributed by atoms with E-state index in [1.165, 1.54) is 93.6 Å². The summed E-state index contributed by atoms with van der Waals surface area (Å²) in [5.41, 5.74) is 11.4. The lowest BCUT2D eigenvalue weighted by molar-refractivity contribution is 0.412. The molecule has 2 aliphatic carbocycles. The number of ether oxygens (including phenoxy) is 3. The molecule has 2 saturated carbocycles. The van der Waals surface area contributed by atoms with Gasteiger partial charge in [-0.1, -0.05) is 138 Å². The van der Waals surface area contributed by atoms with Crippen LogP contribution in [-0.4, -0.2) is 69.7 Å². The summed E-state index contributed by atoms with van der Waals surface area (Å²) < 4.78 is 17.4. The first-order valence-electron chi connectivity index (χ1n) is 23.3. The molecule has 2 fully saturated rings. The van der Waals surface area contributed by atoms with E-state index in [0.717, 1.165) is 54.5 Å². The number of benzene rings is 5. The van der Waals surface area contributed by atoms with Crippen molar-refractivity contribution in [3.8, 4) is 50.9 Å². The van der Waals surface area contributed by atoms with E-state index in [2.05, 4.69) is 120 Å². The van der Waals surface area contributed by atoms with Crippen molar-refractivity contribution in [2.45, 2.75) is 96.8 Å². The molecule has 0 spiro atoms. The Morgan fingerprint density at radius 2 is 1.07 bits per heavy atom. The Bertz CT molecular complexity index is 2570. The SMILES string of the molecule is Brc1cnc(Br)cn1.C.COc1cccc(-c2cnc(-c3cccc(C)c3)cn2)c1.COc1cccc(B(O)O)c1.COc1cccc(C)c1-c1ccccc1P(C1CCCCC1)C1CCCCC1. The summed E-state index contributed by atoms with van der Waals surface area (Å²) in [6.45, 7) is 4.31. The summed E-state index contributed by atoms with van der Waals surface area (Å²) >= 11 is 6.30. The third-order valence-corrected chi connectivity index (χ3v) is 16.5. The van der Waals surface area contributed by atoms with Crippen LogP contribution in [0.3, 0.4) is 0 Å². The highest BCUT2D eigenvalue weighted by molar-refractivity contribution is 9.10. The minimum absolute atomic E-state index is 0. The topological polar surface area (TPSA) is 120 Å². The summed E-state index contributed by atoms with van der Waals surface area (Å²) in [7, 11) is 3.45. The van der Waals surface area contributed by atoms with Gasteiger partial charge < -0.3 is 24.3 Å². The van der Waals surface area contributed by atoms with Crippen LogP contribution in [0.15, 0.2) is 149 Å². The minimum Gasteiger partial charge on any atom is -0.497 e. The summed E-state index contributed by atoms with van der Waals surface area (Å²) in [5, 5.41) is 19.1. The van der Waals surface area contributed by atoms with Gasteiger partial charge in [-0.05, 0) is 141 Å². The molecule has 2 aromatic heterocycles. The lowest BCUT2D eigenvalue weighted by Crippen LogP contribution is -2.29. The van der Waals surface area contributed by atoms with Gasteiger partial charge in [0.15, 0.2) is 0 Å². The summed E-state index contributed by atoms with van der Waals surface area (Å²) in [6, 6.07) is 38.5. The molecule has 0 atom stereocenters. The molecule has 0 aliphatic heterocycles. The molecule has 2 heterocycles. The van der Waals surface area contributed by atoms with Crippen molar-refractivity contribution in [2.24, 2.45) is 0 Å². The highest BCUT2D eigenvalue weighted by Crippen LogP contribution is 2.56. The second-order valence-electron chi connectivity index (χ2n) is 16.9. The lowest BCUT2D eigenvalue weighted by atomic mass is 9.80. The van der Waals surface area contributed by atoms with E-state index in [4.69, 9.17) is 24.3 Å². The van der Waals surface area contributed by atoms with Crippen molar-refractivity contribution >= 4 is 57.7 Å². The normalized spacial score (nSPS) is 13.5. The van der Waals surface area contributed by atoms with Gasteiger partial charge in [-0.15, -0.1) is 0 Å². The van der Waals surface area contributed by atoms with Gasteiger partial charge in [-0.2, -0.15) is 0 Å². The Morgan fingerprint density at radius 3 is 1.59 bits per heavy atom. The fraction of sp³-hybridized carbons (Fsp3) is 0.321. The van der Waals surface area contributed by atoms with Crippen LogP contribution in [0.25, 0.3) is 33.6 Å². The van der Waals surface area contributed by atoms with E-state index >= 15 is 0 Å². The standard InChI is InChI=1S/C26H35OP.C18H16N2O.C7H9BO3.C4H2Br2N2.CH4/c1-20-12-11-18-24(27-2)26(20)23-17-9-10-19-25(23)28(21-13-5-3-6-14-21)22-15-7-4-8-16-22;1-13-5-3-6-14(9-13)17-11-20-18(12-19-17)15-7-4-8-16(10-15)21-2;1-11-7-4-2-3-6(5-7)8(9)10;5-3-1-7-4(6)2-8-3;/h9-12,17-19,21-22H,3-8,13-16H2,1-2H3;3-12H,1-2H3;2-5,9-10H,1H3;1-2H;1H4. The molecule has 2 N–H and O–H groups in total. The number of aromatic nitrogens is 4. The van der Waals surface area contributed by atoms with E-state index in [-0.39, 0.29) is 15.3 Å². The molecular weight excluding hydrogens is 1010 g/mol. The second-order valence-corrected chi connectivity index (χ2v) is 21.2. The maximum atomic E-state index is 8.74. The number of rotatable bonds is 10. The van der Waals surface area contributed by atoms with E-state index < -0.39 is 7.12 Å². The van der Waals surface area contributed by atoms with Crippen molar-refractivity contribution in [3.05, 3.63) is 160 Å². The van der Waals surface area contributed by atoms with Crippen molar-refractivity contribution in [1.82, 2.24) is 19.9 Å².